The lowest BCUT2D eigenvalue weighted by Crippen LogP contribution is -2.59. The Balaban J connectivity index is 3.39. The molecule has 1 aromatic carbocycles. The number of carbonyl (C=O) groups excluding carboxylic acids is 2. The van der Waals surface area contributed by atoms with E-state index in [1.54, 1.807) is 0 Å². The van der Waals surface area contributed by atoms with Gasteiger partial charge in [-0.3, -0.25) is 4.55 Å². The number of hydrogen-bond acceptors (Lipinski definition) is 7. The topological polar surface area (TPSA) is 116 Å². The number of benzene rings is 1. The minimum Gasteiger partial charge on any atom is -0.421 e. The lowest BCUT2D eigenvalue weighted by Gasteiger charge is -2.32. The van der Waals surface area contributed by atoms with Gasteiger partial charge >= 0.3 is 45.5 Å². The molecule has 0 radical (unpaired) electrons. The Hall–Kier alpha value is -2.86. The van der Waals surface area contributed by atoms with Gasteiger partial charge in [0.15, 0.2) is 0 Å². The highest BCUT2D eigenvalue weighted by Gasteiger charge is 2.68. The van der Waals surface area contributed by atoms with Crippen molar-refractivity contribution in [1.29, 1.82) is 0 Å². The quantitative estimate of drug-likeness (QED) is 0.117. The SMILES string of the molecule is C=C(CF)C(=O)OC(OCCC(F)(F)S(=O)(=O)O)(C(=O)Oc1ccc(C(F)(F)F)cc1)C(F)(F)F. The Kier molecular flexibility index (Phi) is 8.97. The summed E-state index contributed by atoms with van der Waals surface area (Å²) in [6, 6.07) is 1.30. The van der Waals surface area contributed by atoms with E-state index in [4.69, 9.17) is 4.55 Å². The molecule has 1 atom stereocenters. The number of hydrogen-bond donors (Lipinski definition) is 1. The van der Waals surface area contributed by atoms with Crippen molar-refractivity contribution in [2.45, 2.75) is 29.8 Å². The molecular formula is C17H13F9O8S. The molecule has 1 rings (SSSR count). The molecule has 0 fully saturated rings. The zero-order valence-corrected chi connectivity index (χ0v) is 17.6. The fourth-order valence-electron chi connectivity index (χ4n) is 1.97. The van der Waals surface area contributed by atoms with Crippen LogP contribution in [0.1, 0.15) is 12.0 Å². The standard InChI is InChI=1S/C17H13F9O8S/c1-9(8-18)12(27)34-15(17(24,25)26,32-7-6-14(19,20)35(29,30)31)13(28)33-11-4-2-10(3-5-11)16(21,22)23/h2-5H,1,6-8H2,(H,29,30,31). The van der Waals surface area contributed by atoms with Crippen LogP contribution in [-0.2, 0) is 35.4 Å². The monoisotopic (exact) mass is 548 g/mol. The third-order valence-electron chi connectivity index (χ3n) is 3.80. The Morgan fingerprint density at radius 3 is 1.89 bits per heavy atom. The number of rotatable bonds is 10. The first-order valence-electron chi connectivity index (χ1n) is 8.60. The summed E-state index contributed by atoms with van der Waals surface area (Å²) < 4.78 is 160. The second-order valence-electron chi connectivity index (χ2n) is 6.36. The van der Waals surface area contributed by atoms with Gasteiger partial charge in [0.25, 0.3) is 0 Å². The van der Waals surface area contributed by atoms with Gasteiger partial charge in [0.2, 0.25) is 0 Å². The van der Waals surface area contributed by atoms with Gasteiger partial charge in [0, 0.05) is 0 Å². The van der Waals surface area contributed by atoms with Crippen molar-refractivity contribution in [3.05, 3.63) is 42.0 Å². The van der Waals surface area contributed by atoms with Crippen molar-refractivity contribution in [3.8, 4) is 5.75 Å². The predicted octanol–water partition coefficient (Wildman–Crippen LogP) is 3.83. The molecule has 0 heterocycles. The van der Waals surface area contributed by atoms with Gasteiger partial charge in [-0.15, -0.1) is 0 Å². The van der Waals surface area contributed by atoms with E-state index in [0.29, 0.717) is 12.1 Å². The first-order valence-corrected chi connectivity index (χ1v) is 10.0. The van der Waals surface area contributed by atoms with Crippen molar-refractivity contribution in [3.63, 3.8) is 0 Å². The lowest BCUT2D eigenvalue weighted by molar-refractivity contribution is -0.353. The minimum atomic E-state index is -6.17. The van der Waals surface area contributed by atoms with Gasteiger partial charge < -0.3 is 14.2 Å². The van der Waals surface area contributed by atoms with E-state index in [1.807, 2.05) is 0 Å². The number of carbonyl (C=O) groups is 2. The molecule has 18 heteroatoms. The van der Waals surface area contributed by atoms with Gasteiger partial charge in [-0.05, 0) is 24.3 Å². The van der Waals surface area contributed by atoms with E-state index in [-0.39, 0.29) is 12.1 Å². The van der Waals surface area contributed by atoms with Crippen LogP contribution in [0.15, 0.2) is 36.4 Å². The third-order valence-corrected chi connectivity index (χ3v) is 4.76. The Morgan fingerprint density at radius 1 is 0.971 bits per heavy atom. The molecule has 0 spiro atoms. The third kappa shape index (κ3) is 7.31. The first-order chi connectivity index (χ1) is 15.7. The van der Waals surface area contributed by atoms with E-state index in [1.165, 1.54) is 0 Å². The average molecular weight is 548 g/mol. The van der Waals surface area contributed by atoms with Crippen molar-refractivity contribution in [2.75, 3.05) is 13.3 Å². The number of ether oxygens (including phenoxy) is 3. The van der Waals surface area contributed by atoms with Crippen LogP contribution in [0.3, 0.4) is 0 Å². The zero-order valence-electron chi connectivity index (χ0n) is 16.8. The molecule has 0 aromatic heterocycles. The van der Waals surface area contributed by atoms with Gasteiger partial charge in [-0.25, -0.2) is 14.0 Å². The largest absolute Gasteiger partial charge is 0.468 e. The van der Waals surface area contributed by atoms with E-state index in [0.717, 1.165) is 0 Å². The summed E-state index contributed by atoms with van der Waals surface area (Å²) in [4.78, 5) is 24.0. The molecule has 0 aliphatic heterocycles. The molecule has 0 bridgehead atoms. The van der Waals surface area contributed by atoms with E-state index < -0.39 is 82.0 Å². The molecule has 0 saturated carbocycles. The van der Waals surface area contributed by atoms with Crippen LogP contribution in [0, 0.1) is 0 Å². The van der Waals surface area contributed by atoms with Crippen LogP contribution < -0.4 is 4.74 Å². The van der Waals surface area contributed by atoms with Crippen LogP contribution in [0.4, 0.5) is 39.5 Å². The maximum Gasteiger partial charge on any atom is 0.468 e. The molecule has 1 unspecified atom stereocenters. The molecule has 1 aromatic rings. The maximum atomic E-state index is 13.8. The molecule has 0 aliphatic carbocycles. The summed E-state index contributed by atoms with van der Waals surface area (Å²) in [6.45, 7) is -1.14. The number of halogens is 9. The fourth-order valence-corrected chi connectivity index (χ4v) is 2.31. The van der Waals surface area contributed by atoms with Gasteiger partial charge in [0.1, 0.15) is 12.4 Å². The lowest BCUT2D eigenvalue weighted by atomic mass is 10.2. The smallest absolute Gasteiger partial charge is 0.421 e. The molecule has 0 saturated heterocycles. The molecule has 1 N–H and O–H groups in total. The summed E-state index contributed by atoms with van der Waals surface area (Å²) in [5.74, 6) is -11.0. The summed E-state index contributed by atoms with van der Waals surface area (Å²) in [7, 11) is -6.16. The molecule has 35 heavy (non-hydrogen) atoms. The van der Waals surface area contributed by atoms with Crippen LogP contribution in [0.2, 0.25) is 0 Å². The van der Waals surface area contributed by atoms with E-state index in [9.17, 15) is 57.5 Å². The summed E-state index contributed by atoms with van der Waals surface area (Å²) in [5.41, 5.74) is -2.62. The average Bonchev–Trinajstić information content (AvgIpc) is 2.70. The second-order valence-corrected chi connectivity index (χ2v) is 7.91. The van der Waals surface area contributed by atoms with Gasteiger partial charge in [-0.2, -0.15) is 43.5 Å². The minimum absolute atomic E-state index is 0.280. The fraction of sp³-hybridized carbons (Fsp3) is 0.412. The number of esters is 2. The summed E-state index contributed by atoms with van der Waals surface area (Å²) >= 11 is 0. The molecule has 0 amide bonds. The Morgan fingerprint density at radius 2 is 1.49 bits per heavy atom. The van der Waals surface area contributed by atoms with Crippen molar-refractivity contribution in [2.24, 2.45) is 0 Å². The molecule has 198 valence electrons. The normalized spacial score (nSPS) is 14.7. The van der Waals surface area contributed by atoms with Crippen molar-refractivity contribution < 1.29 is 76.3 Å². The Bertz CT molecular complexity index is 1050. The van der Waals surface area contributed by atoms with Crippen LogP contribution in [-0.4, -0.2) is 55.4 Å². The summed E-state index contributed by atoms with van der Waals surface area (Å²) in [6.07, 6.45) is -13.3. The highest BCUT2D eigenvalue weighted by atomic mass is 32.2. The van der Waals surface area contributed by atoms with Gasteiger partial charge in [-0.1, -0.05) is 6.58 Å². The number of alkyl halides is 9. The Labute approximate surface area is 190 Å². The van der Waals surface area contributed by atoms with Crippen LogP contribution in [0.5, 0.6) is 5.75 Å². The maximum absolute atomic E-state index is 13.8. The predicted molar refractivity (Wildman–Crippen MR) is 94.1 cm³/mol. The van der Waals surface area contributed by atoms with E-state index >= 15 is 0 Å². The molecule has 0 aliphatic rings. The van der Waals surface area contributed by atoms with E-state index in [2.05, 4.69) is 20.8 Å². The summed E-state index contributed by atoms with van der Waals surface area (Å²) in [5, 5.41) is -5.09. The molecule has 8 nitrogen and oxygen atoms in total. The van der Waals surface area contributed by atoms with Crippen LogP contribution >= 0.6 is 0 Å². The van der Waals surface area contributed by atoms with Crippen molar-refractivity contribution >= 4 is 22.1 Å². The van der Waals surface area contributed by atoms with Crippen LogP contribution in [0.25, 0.3) is 0 Å². The van der Waals surface area contributed by atoms with Gasteiger partial charge in [0.05, 0.1) is 24.2 Å². The second kappa shape index (κ2) is 10.4. The highest BCUT2D eigenvalue weighted by molar-refractivity contribution is 7.86. The highest BCUT2D eigenvalue weighted by Crippen LogP contribution is 2.39. The molecular weight excluding hydrogens is 535 g/mol. The first kappa shape index (κ1) is 30.2. The zero-order chi connectivity index (χ0) is 27.5. The van der Waals surface area contributed by atoms with Crippen molar-refractivity contribution in [1.82, 2.24) is 0 Å².